The standard InChI is InChI=1S/C14H20N2O2/c1-10-4-5-11(12(15)8-10)13(17)16-9-14(18-2)6-3-7-14/h4-5,8H,3,6-7,9,15H2,1-2H3,(H,16,17). The van der Waals surface area contributed by atoms with Crippen molar-refractivity contribution in [1.82, 2.24) is 5.32 Å². The van der Waals surface area contributed by atoms with Gasteiger partial charge in [-0.2, -0.15) is 0 Å². The third kappa shape index (κ3) is 2.48. The Morgan fingerprint density at radius 2 is 2.22 bits per heavy atom. The molecule has 1 saturated carbocycles. The molecule has 1 aliphatic carbocycles. The highest BCUT2D eigenvalue weighted by Gasteiger charge is 2.37. The van der Waals surface area contributed by atoms with Gasteiger partial charge in [-0.3, -0.25) is 4.79 Å². The third-order valence-electron chi connectivity index (χ3n) is 3.72. The van der Waals surface area contributed by atoms with Crippen molar-refractivity contribution in [3.63, 3.8) is 0 Å². The molecule has 4 heteroatoms. The largest absolute Gasteiger partial charge is 0.398 e. The number of amides is 1. The highest BCUT2D eigenvalue weighted by atomic mass is 16.5. The van der Waals surface area contributed by atoms with Gasteiger partial charge in [0, 0.05) is 19.3 Å². The van der Waals surface area contributed by atoms with Crippen LogP contribution in [0.3, 0.4) is 0 Å². The van der Waals surface area contributed by atoms with Gasteiger partial charge in [0.15, 0.2) is 0 Å². The normalized spacial score (nSPS) is 17.0. The molecule has 1 amide bonds. The van der Waals surface area contributed by atoms with E-state index in [1.807, 2.05) is 19.1 Å². The van der Waals surface area contributed by atoms with Crippen molar-refractivity contribution in [2.24, 2.45) is 0 Å². The van der Waals surface area contributed by atoms with Gasteiger partial charge in [0.05, 0.1) is 11.2 Å². The Kier molecular flexibility index (Phi) is 3.57. The average Bonchev–Trinajstić information content (AvgIpc) is 2.27. The molecule has 98 valence electrons. The summed E-state index contributed by atoms with van der Waals surface area (Å²) in [6.45, 7) is 2.50. The van der Waals surface area contributed by atoms with Crippen LogP contribution >= 0.6 is 0 Å². The summed E-state index contributed by atoms with van der Waals surface area (Å²) in [7, 11) is 1.70. The van der Waals surface area contributed by atoms with E-state index in [4.69, 9.17) is 10.5 Å². The van der Waals surface area contributed by atoms with Crippen LogP contribution in [0, 0.1) is 6.92 Å². The minimum Gasteiger partial charge on any atom is -0.398 e. The van der Waals surface area contributed by atoms with Crippen molar-refractivity contribution in [3.8, 4) is 0 Å². The Balaban J connectivity index is 1.99. The summed E-state index contributed by atoms with van der Waals surface area (Å²) in [4.78, 5) is 12.0. The van der Waals surface area contributed by atoms with Crippen molar-refractivity contribution in [2.45, 2.75) is 31.8 Å². The molecule has 0 radical (unpaired) electrons. The number of carbonyl (C=O) groups is 1. The van der Waals surface area contributed by atoms with E-state index in [2.05, 4.69) is 5.32 Å². The van der Waals surface area contributed by atoms with Crippen LogP contribution in [0.2, 0.25) is 0 Å². The molecule has 0 unspecified atom stereocenters. The van der Waals surface area contributed by atoms with E-state index in [9.17, 15) is 4.79 Å². The zero-order valence-corrected chi connectivity index (χ0v) is 11.0. The lowest BCUT2D eigenvalue weighted by molar-refractivity contribution is -0.0679. The SMILES string of the molecule is COC1(CNC(=O)c2ccc(C)cc2N)CCC1. The molecule has 0 aliphatic heterocycles. The second-order valence-electron chi connectivity index (χ2n) is 5.01. The van der Waals surface area contributed by atoms with Crippen LogP contribution in [0.1, 0.15) is 35.2 Å². The van der Waals surface area contributed by atoms with Crippen molar-refractivity contribution < 1.29 is 9.53 Å². The maximum absolute atomic E-state index is 12.0. The molecule has 4 nitrogen and oxygen atoms in total. The summed E-state index contributed by atoms with van der Waals surface area (Å²) < 4.78 is 5.46. The molecule has 1 fully saturated rings. The Labute approximate surface area is 108 Å². The van der Waals surface area contributed by atoms with Gasteiger partial charge in [0.1, 0.15) is 0 Å². The number of hydrogen-bond acceptors (Lipinski definition) is 3. The summed E-state index contributed by atoms with van der Waals surface area (Å²) in [5.41, 5.74) is 7.80. The number of anilines is 1. The van der Waals surface area contributed by atoms with E-state index < -0.39 is 0 Å². The van der Waals surface area contributed by atoms with Crippen molar-refractivity contribution in [1.29, 1.82) is 0 Å². The van der Waals surface area contributed by atoms with E-state index in [-0.39, 0.29) is 11.5 Å². The zero-order valence-electron chi connectivity index (χ0n) is 11.0. The van der Waals surface area contributed by atoms with Crippen LogP contribution in [0.15, 0.2) is 18.2 Å². The first-order chi connectivity index (χ1) is 8.56. The molecule has 18 heavy (non-hydrogen) atoms. The van der Waals surface area contributed by atoms with Crippen LogP contribution < -0.4 is 11.1 Å². The maximum atomic E-state index is 12.0. The van der Waals surface area contributed by atoms with E-state index >= 15 is 0 Å². The van der Waals surface area contributed by atoms with Crippen molar-refractivity contribution >= 4 is 11.6 Å². The Hall–Kier alpha value is -1.55. The molecule has 1 aromatic rings. The van der Waals surface area contributed by atoms with Gasteiger partial charge in [-0.15, -0.1) is 0 Å². The van der Waals surface area contributed by atoms with Crippen LogP contribution in [0.5, 0.6) is 0 Å². The zero-order chi connectivity index (χ0) is 13.2. The summed E-state index contributed by atoms with van der Waals surface area (Å²) in [5, 5.41) is 2.91. The summed E-state index contributed by atoms with van der Waals surface area (Å²) in [6.07, 6.45) is 3.18. The molecule has 0 atom stereocenters. The summed E-state index contributed by atoms with van der Waals surface area (Å²) >= 11 is 0. The molecule has 0 bridgehead atoms. The summed E-state index contributed by atoms with van der Waals surface area (Å²) in [6, 6.07) is 5.46. The molecule has 3 N–H and O–H groups in total. The molecule has 0 spiro atoms. The monoisotopic (exact) mass is 248 g/mol. The molecule has 2 rings (SSSR count). The van der Waals surface area contributed by atoms with Gasteiger partial charge in [-0.05, 0) is 43.9 Å². The van der Waals surface area contributed by atoms with Crippen LogP contribution in [-0.2, 0) is 4.74 Å². The number of hydrogen-bond donors (Lipinski definition) is 2. The number of methoxy groups -OCH3 is 1. The minimum absolute atomic E-state index is 0.129. The predicted molar refractivity (Wildman–Crippen MR) is 71.5 cm³/mol. The van der Waals surface area contributed by atoms with Gasteiger partial charge in [0.25, 0.3) is 5.91 Å². The fraction of sp³-hybridized carbons (Fsp3) is 0.500. The van der Waals surface area contributed by atoms with Crippen LogP contribution in [0.25, 0.3) is 0 Å². The van der Waals surface area contributed by atoms with Gasteiger partial charge in [-0.1, -0.05) is 6.07 Å². The third-order valence-corrected chi connectivity index (χ3v) is 3.72. The van der Waals surface area contributed by atoms with E-state index in [0.29, 0.717) is 17.8 Å². The Morgan fingerprint density at radius 3 is 2.72 bits per heavy atom. The number of aryl methyl sites for hydroxylation is 1. The van der Waals surface area contributed by atoms with E-state index in [0.717, 1.165) is 24.8 Å². The van der Waals surface area contributed by atoms with E-state index in [1.54, 1.807) is 13.2 Å². The fourth-order valence-corrected chi connectivity index (χ4v) is 2.25. The molecule has 1 aliphatic rings. The van der Waals surface area contributed by atoms with Crippen molar-refractivity contribution in [3.05, 3.63) is 29.3 Å². The molecule has 0 heterocycles. The average molecular weight is 248 g/mol. The maximum Gasteiger partial charge on any atom is 0.253 e. The fourth-order valence-electron chi connectivity index (χ4n) is 2.25. The first-order valence-corrected chi connectivity index (χ1v) is 6.26. The molecule has 1 aromatic carbocycles. The molecule has 0 saturated heterocycles. The smallest absolute Gasteiger partial charge is 0.253 e. The Bertz CT molecular complexity index is 448. The number of nitrogen functional groups attached to an aromatic ring is 1. The molecule has 0 aromatic heterocycles. The molecular weight excluding hydrogens is 228 g/mol. The second kappa shape index (κ2) is 4.98. The number of carbonyl (C=O) groups excluding carboxylic acids is 1. The van der Waals surface area contributed by atoms with E-state index in [1.165, 1.54) is 0 Å². The lowest BCUT2D eigenvalue weighted by atomic mass is 9.80. The molecular formula is C14H20N2O2. The second-order valence-corrected chi connectivity index (χ2v) is 5.01. The first-order valence-electron chi connectivity index (χ1n) is 6.26. The summed E-state index contributed by atoms with van der Waals surface area (Å²) in [5.74, 6) is -0.129. The minimum atomic E-state index is -0.158. The highest BCUT2D eigenvalue weighted by molar-refractivity contribution is 5.99. The predicted octanol–water partition coefficient (Wildman–Crippen LogP) is 1.88. The number of nitrogens with two attached hydrogens (primary N) is 1. The highest BCUT2D eigenvalue weighted by Crippen LogP contribution is 2.34. The number of ether oxygens (including phenoxy) is 1. The number of rotatable bonds is 4. The van der Waals surface area contributed by atoms with Crippen LogP contribution in [-0.4, -0.2) is 25.2 Å². The van der Waals surface area contributed by atoms with Gasteiger partial charge < -0.3 is 15.8 Å². The topological polar surface area (TPSA) is 64.3 Å². The Morgan fingerprint density at radius 1 is 1.50 bits per heavy atom. The van der Waals surface area contributed by atoms with Gasteiger partial charge in [-0.25, -0.2) is 0 Å². The van der Waals surface area contributed by atoms with Gasteiger partial charge >= 0.3 is 0 Å². The van der Waals surface area contributed by atoms with Crippen LogP contribution in [0.4, 0.5) is 5.69 Å². The van der Waals surface area contributed by atoms with Crippen molar-refractivity contribution in [2.75, 3.05) is 19.4 Å². The number of benzene rings is 1. The number of nitrogens with one attached hydrogen (secondary N) is 1. The lowest BCUT2D eigenvalue weighted by Gasteiger charge is -2.40. The lowest BCUT2D eigenvalue weighted by Crippen LogP contribution is -2.49. The first kappa shape index (κ1) is 12.9. The quantitative estimate of drug-likeness (QED) is 0.800. The van der Waals surface area contributed by atoms with Gasteiger partial charge in [0.2, 0.25) is 0 Å².